The van der Waals surface area contributed by atoms with Crippen molar-refractivity contribution in [1.82, 2.24) is 25.4 Å². The molecule has 0 radical (unpaired) electrons. The molecule has 2 atom stereocenters. The second-order valence-electron chi connectivity index (χ2n) is 9.62. The van der Waals surface area contributed by atoms with Gasteiger partial charge in [0.2, 0.25) is 11.8 Å². The van der Waals surface area contributed by atoms with Crippen LogP contribution in [0, 0.1) is 5.82 Å². The summed E-state index contributed by atoms with van der Waals surface area (Å²) in [5, 5.41) is 8.31. The largest absolute Gasteiger partial charge is 0.355 e. The highest BCUT2D eigenvalue weighted by molar-refractivity contribution is 5.98. The first-order chi connectivity index (χ1) is 18.7. The minimum absolute atomic E-state index is 0.00323. The third kappa shape index (κ3) is 6.90. The SMILES string of the molecule is C[C@H]1NC(=O)c2cc(ccc2F)CCCNC(=O)CN(C(=O)c2cccn2C)C[C@H](c2ccccc2)NC1=O. The lowest BCUT2D eigenvalue weighted by Crippen LogP contribution is -2.50. The maximum Gasteiger partial charge on any atom is 0.271 e. The number of fused-ring (bicyclic) bond motifs is 2. The number of carbonyl (C=O) groups is 4. The molecule has 9 nitrogen and oxygen atoms in total. The van der Waals surface area contributed by atoms with E-state index in [0.717, 1.165) is 5.56 Å². The summed E-state index contributed by atoms with van der Waals surface area (Å²) in [6.07, 6.45) is 2.79. The third-order valence-corrected chi connectivity index (χ3v) is 6.69. The van der Waals surface area contributed by atoms with Crippen LogP contribution >= 0.6 is 0 Å². The number of halogens is 1. The van der Waals surface area contributed by atoms with Gasteiger partial charge in [0.1, 0.15) is 17.6 Å². The summed E-state index contributed by atoms with van der Waals surface area (Å²) in [6, 6.07) is 15.1. The van der Waals surface area contributed by atoms with E-state index in [0.29, 0.717) is 30.6 Å². The van der Waals surface area contributed by atoms with Crippen molar-refractivity contribution in [3.63, 3.8) is 0 Å². The van der Waals surface area contributed by atoms with Crippen LogP contribution in [0.3, 0.4) is 0 Å². The van der Waals surface area contributed by atoms with Crippen molar-refractivity contribution in [3.05, 3.63) is 95.1 Å². The lowest BCUT2D eigenvalue weighted by atomic mass is 10.0. The van der Waals surface area contributed by atoms with Crippen LogP contribution in [0.1, 0.15) is 51.4 Å². The molecule has 2 bridgehead atoms. The fraction of sp³-hybridized carbons (Fsp3) is 0.310. The highest BCUT2D eigenvalue weighted by Crippen LogP contribution is 2.18. The first-order valence-corrected chi connectivity index (χ1v) is 12.8. The minimum Gasteiger partial charge on any atom is -0.355 e. The summed E-state index contributed by atoms with van der Waals surface area (Å²) in [5.74, 6) is -2.61. The molecule has 10 heteroatoms. The van der Waals surface area contributed by atoms with Gasteiger partial charge in [-0.3, -0.25) is 19.2 Å². The van der Waals surface area contributed by atoms with Crippen molar-refractivity contribution in [2.75, 3.05) is 19.6 Å². The van der Waals surface area contributed by atoms with Gasteiger partial charge in [-0.05, 0) is 55.2 Å². The second-order valence-corrected chi connectivity index (χ2v) is 9.62. The molecule has 1 aliphatic heterocycles. The second kappa shape index (κ2) is 12.4. The lowest BCUT2D eigenvalue weighted by molar-refractivity contribution is -0.123. The van der Waals surface area contributed by atoms with Gasteiger partial charge in [0.05, 0.1) is 18.2 Å². The Kier molecular flexibility index (Phi) is 8.75. The molecular formula is C29H32FN5O4. The number of nitrogens with one attached hydrogen (secondary N) is 3. The van der Waals surface area contributed by atoms with Crippen LogP contribution in [0.5, 0.6) is 0 Å². The number of hydrogen-bond acceptors (Lipinski definition) is 4. The number of aryl methyl sites for hydroxylation is 2. The van der Waals surface area contributed by atoms with Gasteiger partial charge in [-0.15, -0.1) is 0 Å². The molecule has 0 spiro atoms. The van der Waals surface area contributed by atoms with Crippen molar-refractivity contribution in [1.29, 1.82) is 0 Å². The summed E-state index contributed by atoms with van der Waals surface area (Å²) in [7, 11) is 1.74. The zero-order valence-corrected chi connectivity index (χ0v) is 21.9. The van der Waals surface area contributed by atoms with E-state index in [9.17, 15) is 23.6 Å². The van der Waals surface area contributed by atoms with Crippen molar-refractivity contribution < 1.29 is 23.6 Å². The van der Waals surface area contributed by atoms with Crippen LogP contribution in [0.25, 0.3) is 0 Å². The monoisotopic (exact) mass is 533 g/mol. The highest BCUT2D eigenvalue weighted by atomic mass is 19.1. The first kappa shape index (κ1) is 27.6. The molecule has 0 aliphatic carbocycles. The van der Waals surface area contributed by atoms with Crippen molar-refractivity contribution in [3.8, 4) is 0 Å². The molecule has 39 heavy (non-hydrogen) atoms. The van der Waals surface area contributed by atoms with Gasteiger partial charge in [0.25, 0.3) is 11.8 Å². The number of nitrogens with zero attached hydrogens (tertiary/aromatic N) is 2. The van der Waals surface area contributed by atoms with Gasteiger partial charge in [-0.25, -0.2) is 4.39 Å². The lowest BCUT2D eigenvalue weighted by Gasteiger charge is -2.29. The number of aromatic nitrogens is 1. The summed E-state index contributed by atoms with van der Waals surface area (Å²) in [6.45, 7) is 1.63. The van der Waals surface area contributed by atoms with E-state index in [2.05, 4.69) is 16.0 Å². The average Bonchev–Trinajstić information content (AvgIpc) is 3.36. The van der Waals surface area contributed by atoms with E-state index < -0.39 is 29.7 Å². The van der Waals surface area contributed by atoms with E-state index in [1.165, 1.54) is 24.0 Å². The highest BCUT2D eigenvalue weighted by Gasteiger charge is 2.28. The van der Waals surface area contributed by atoms with Gasteiger partial charge in [-0.2, -0.15) is 0 Å². The Balaban J connectivity index is 1.67. The van der Waals surface area contributed by atoms with E-state index in [1.54, 1.807) is 48.1 Å². The molecule has 204 valence electrons. The number of benzene rings is 2. The van der Waals surface area contributed by atoms with E-state index in [1.807, 2.05) is 18.2 Å². The number of carbonyl (C=O) groups excluding carboxylic acids is 4. The molecule has 3 aromatic rings. The summed E-state index contributed by atoms with van der Waals surface area (Å²) < 4.78 is 16.1. The van der Waals surface area contributed by atoms with Crippen LogP contribution in [0.4, 0.5) is 4.39 Å². The molecule has 2 aromatic carbocycles. The van der Waals surface area contributed by atoms with E-state index in [-0.39, 0.29) is 30.5 Å². The molecule has 2 heterocycles. The summed E-state index contributed by atoms with van der Waals surface area (Å²) in [5.41, 5.74) is 1.68. The van der Waals surface area contributed by atoms with Gasteiger partial charge in [0, 0.05) is 26.3 Å². The van der Waals surface area contributed by atoms with E-state index >= 15 is 0 Å². The van der Waals surface area contributed by atoms with Gasteiger partial charge < -0.3 is 25.4 Å². The smallest absolute Gasteiger partial charge is 0.271 e. The van der Waals surface area contributed by atoms with Crippen molar-refractivity contribution in [2.45, 2.75) is 31.8 Å². The quantitative estimate of drug-likeness (QED) is 0.470. The normalized spacial score (nSPS) is 19.5. The Hall–Kier alpha value is -4.47. The molecule has 0 fully saturated rings. The molecule has 4 amide bonds. The maximum atomic E-state index is 14.5. The predicted octanol–water partition coefficient (Wildman–Crippen LogP) is 2.34. The number of amides is 4. The van der Waals surface area contributed by atoms with Crippen LogP contribution in [-0.4, -0.2) is 58.8 Å². The predicted molar refractivity (Wildman–Crippen MR) is 143 cm³/mol. The summed E-state index contributed by atoms with van der Waals surface area (Å²) in [4.78, 5) is 53.9. The molecule has 4 rings (SSSR count). The Morgan fingerprint density at radius 2 is 1.77 bits per heavy atom. The topological polar surface area (TPSA) is 113 Å². The first-order valence-electron chi connectivity index (χ1n) is 12.8. The fourth-order valence-corrected chi connectivity index (χ4v) is 4.49. The van der Waals surface area contributed by atoms with E-state index in [4.69, 9.17) is 0 Å². The zero-order chi connectivity index (χ0) is 27.9. The standard InChI is InChI=1S/C29H32FN5O4/c1-19-27(37)33-24(21-9-4-3-5-10-21)17-35(29(39)25-11-7-15-34(25)2)18-26(36)31-14-6-8-20-12-13-23(30)22(16-20)28(38)32-19/h3-5,7,9-13,15-16,19,24H,6,8,14,17-18H2,1-2H3,(H,31,36)(H,32,38)(H,33,37)/t19-,24-/m1/s1. The average molecular weight is 534 g/mol. The van der Waals surface area contributed by atoms with Crippen LogP contribution in [-0.2, 0) is 23.1 Å². The minimum atomic E-state index is -0.997. The Morgan fingerprint density at radius 1 is 1.00 bits per heavy atom. The van der Waals surface area contributed by atoms with Crippen molar-refractivity contribution >= 4 is 23.6 Å². The molecular weight excluding hydrogens is 501 g/mol. The van der Waals surface area contributed by atoms with Crippen molar-refractivity contribution in [2.24, 2.45) is 7.05 Å². The Labute approximate surface area is 226 Å². The number of hydrogen-bond donors (Lipinski definition) is 3. The number of rotatable bonds is 2. The Morgan fingerprint density at radius 3 is 2.49 bits per heavy atom. The van der Waals surface area contributed by atoms with Crippen LogP contribution < -0.4 is 16.0 Å². The molecule has 1 aliphatic rings. The zero-order valence-electron chi connectivity index (χ0n) is 21.9. The maximum absolute atomic E-state index is 14.5. The van der Waals surface area contributed by atoms with Gasteiger partial charge >= 0.3 is 0 Å². The molecule has 3 N–H and O–H groups in total. The molecule has 0 saturated heterocycles. The fourth-order valence-electron chi connectivity index (χ4n) is 4.49. The molecule has 0 saturated carbocycles. The van der Waals surface area contributed by atoms with Crippen LogP contribution in [0.15, 0.2) is 66.9 Å². The molecule has 0 unspecified atom stereocenters. The van der Waals surface area contributed by atoms with Crippen LogP contribution in [0.2, 0.25) is 0 Å². The van der Waals surface area contributed by atoms with Gasteiger partial charge in [-0.1, -0.05) is 36.4 Å². The Bertz CT molecular complexity index is 1360. The molecule has 1 aromatic heterocycles. The van der Waals surface area contributed by atoms with Gasteiger partial charge in [0.15, 0.2) is 0 Å². The summed E-state index contributed by atoms with van der Waals surface area (Å²) >= 11 is 0. The third-order valence-electron chi connectivity index (χ3n) is 6.69.